The summed E-state index contributed by atoms with van der Waals surface area (Å²) in [6.45, 7) is 9.33. The number of hydrogen-bond acceptors (Lipinski definition) is 2. The number of carbonyl (C=O) groups excluding carboxylic acids is 1. The van der Waals surface area contributed by atoms with Crippen LogP contribution in [0.25, 0.3) is 0 Å². The van der Waals surface area contributed by atoms with E-state index in [9.17, 15) is 4.79 Å². The molecule has 1 aliphatic carbocycles. The van der Waals surface area contributed by atoms with Crippen molar-refractivity contribution >= 4 is 6.03 Å². The second kappa shape index (κ2) is 6.74. The van der Waals surface area contributed by atoms with E-state index < -0.39 is 0 Å². The zero-order valence-corrected chi connectivity index (χ0v) is 10.8. The van der Waals surface area contributed by atoms with Gasteiger partial charge in [0.2, 0.25) is 0 Å². The number of rotatable bonds is 6. The van der Waals surface area contributed by atoms with Crippen molar-refractivity contribution in [2.75, 3.05) is 19.6 Å². The molecule has 0 saturated heterocycles. The predicted molar refractivity (Wildman–Crippen MR) is 66.6 cm³/mol. The van der Waals surface area contributed by atoms with E-state index in [2.05, 4.69) is 36.3 Å². The largest absolute Gasteiger partial charge is 0.335 e. The number of amides is 2. The molecule has 1 fully saturated rings. The van der Waals surface area contributed by atoms with Crippen LogP contribution >= 0.6 is 0 Å². The molecule has 16 heavy (non-hydrogen) atoms. The fourth-order valence-electron chi connectivity index (χ4n) is 1.92. The van der Waals surface area contributed by atoms with Crippen molar-refractivity contribution in [3.63, 3.8) is 0 Å². The quantitative estimate of drug-likeness (QED) is 0.723. The maximum Gasteiger partial charge on any atom is 0.315 e. The van der Waals surface area contributed by atoms with Crippen molar-refractivity contribution in [3.05, 3.63) is 0 Å². The van der Waals surface area contributed by atoms with E-state index in [0.717, 1.165) is 32.5 Å². The lowest BCUT2D eigenvalue weighted by molar-refractivity contribution is 0.217. The number of urea groups is 1. The van der Waals surface area contributed by atoms with Crippen molar-refractivity contribution in [2.45, 2.75) is 52.1 Å². The van der Waals surface area contributed by atoms with Gasteiger partial charge in [-0.3, -0.25) is 0 Å². The molecule has 1 saturated carbocycles. The molecule has 4 nitrogen and oxygen atoms in total. The Bertz CT molecular complexity index is 212. The molecule has 0 aliphatic heterocycles. The summed E-state index contributed by atoms with van der Waals surface area (Å²) in [6, 6.07) is 0.616. The smallest absolute Gasteiger partial charge is 0.315 e. The summed E-state index contributed by atoms with van der Waals surface area (Å²) in [5, 5.41) is 5.97. The van der Waals surface area contributed by atoms with Crippen molar-refractivity contribution in [2.24, 2.45) is 0 Å². The third-order valence-electron chi connectivity index (χ3n) is 3.24. The van der Waals surface area contributed by atoms with Crippen LogP contribution in [0.4, 0.5) is 4.79 Å². The van der Waals surface area contributed by atoms with Crippen LogP contribution in [0.1, 0.15) is 40.0 Å². The molecule has 0 aromatic rings. The van der Waals surface area contributed by atoms with Gasteiger partial charge in [-0.15, -0.1) is 0 Å². The van der Waals surface area contributed by atoms with Gasteiger partial charge < -0.3 is 15.5 Å². The summed E-state index contributed by atoms with van der Waals surface area (Å²) in [5.41, 5.74) is 0. The Hall–Kier alpha value is -0.770. The lowest BCUT2D eigenvalue weighted by atomic mass is 9.93. The van der Waals surface area contributed by atoms with Gasteiger partial charge in [0, 0.05) is 18.6 Å². The lowest BCUT2D eigenvalue weighted by Gasteiger charge is -2.28. The standard InChI is InChI=1S/C12H25N3O/c1-4-15(5-2)9-10(3)13-12(16)14-11-7-6-8-11/h10-11H,4-9H2,1-3H3,(H2,13,14,16). The highest BCUT2D eigenvalue weighted by Gasteiger charge is 2.20. The molecule has 94 valence electrons. The molecule has 1 unspecified atom stereocenters. The normalized spacial score (nSPS) is 18.0. The van der Waals surface area contributed by atoms with Gasteiger partial charge in [-0.2, -0.15) is 0 Å². The van der Waals surface area contributed by atoms with Crippen molar-refractivity contribution in [1.82, 2.24) is 15.5 Å². The molecule has 1 atom stereocenters. The van der Waals surface area contributed by atoms with Crippen molar-refractivity contribution in [1.29, 1.82) is 0 Å². The third-order valence-corrected chi connectivity index (χ3v) is 3.24. The minimum atomic E-state index is -0.00986. The molecule has 0 aromatic heterocycles. The highest BCUT2D eigenvalue weighted by molar-refractivity contribution is 5.74. The van der Waals surface area contributed by atoms with E-state index in [1.54, 1.807) is 0 Å². The highest BCUT2D eigenvalue weighted by atomic mass is 16.2. The summed E-state index contributed by atoms with van der Waals surface area (Å²) in [4.78, 5) is 13.9. The summed E-state index contributed by atoms with van der Waals surface area (Å²) < 4.78 is 0. The molecular weight excluding hydrogens is 202 g/mol. The Morgan fingerprint density at radius 3 is 2.44 bits per heavy atom. The first kappa shape index (κ1) is 13.3. The molecule has 0 heterocycles. The van der Waals surface area contributed by atoms with Crippen LogP contribution in [0, 0.1) is 0 Å². The average molecular weight is 227 g/mol. The van der Waals surface area contributed by atoms with Crippen LogP contribution in [0.5, 0.6) is 0 Å². The first-order valence-corrected chi connectivity index (χ1v) is 6.45. The minimum absolute atomic E-state index is 0.00986. The molecule has 1 rings (SSSR count). The molecule has 1 aliphatic rings. The van der Waals surface area contributed by atoms with Crippen molar-refractivity contribution < 1.29 is 4.79 Å². The van der Waals surface area contributed by atoms with Gasteiger partial charge in [0.1, 0.15) is 0 Å². The molecule has 2 N–H and O–H groups in total. The zero-order valence-electron chi connectivity index (χ0n) is 10.8. The molecule has 0 spiro atoms. The van der Waals surface area contributed by atoms with E-state index in [1.165, 1.54) is 6.42 Å². The zero-order chi connectivity index (χ0) is 12.0. The van der Waals surface area contributed by atoms with Gasteiger partial charge in [-0.05, 0) is 39.3 Å². The van der Waals surface area contributed by atoms with Gasteiger partial charge in [0.05, 0.1) is 0 Å². The number of nitrogens with one attached hydrogen (secondary N) is 2. The fraction of sp³-hybridized carbons (Fsp3) is 0.917. The monoisotopic (exact) mass is 227 g/mol. The Kier molecular flexibility index (Phi) is 5.60. The van der Waals surface area contributed by atoms with Gasteiger partial charge >= 0.3 is 6.03 Å². The van der Waals surface area contributed by atoms with Crippen molar-refractivity contribution in [3.8, 4) is 0 Å². The maximum absolute atomic E-state index is 11.6. The molecule has 0 bridgehead atoms. The summed E-state index contributed by atoms with van der Waals surface area (Å²) >= 11 is 0. The van der Waals surface area contributed by atoms with Crippen LogP contribution in [0.3, 0.4) is 0 Å². The van der Waals surface area contributed by atoms with Gasteiger partial charge in [0.15, 0.2) is 0 Å². The van der Waals surface area contributed by atoms with E-state index in [-0.39, 0.29) is 12.1 Å². The van der Waals surface area contributed by atoms with Crippen LogP contribution in [-0.2, 0) is 0 Å². The maximum atomic E-state index is 11.6. The lowest BCUT2D eigenvalue weighted by Crippen LogP contribution is -2.50. The second-order valence-electron chi connectivity index (χ2n) is 4.63. The van der Waals surface area contributed by atoms with Crippen LogP contribution < -0.4 is 10.6 Å². The van der Waals surface area contributed by atoms with Crippen LogP contribution in [0.2, 0.25) is 0 Å². The topological polar surface area (TPSA) is 44.4 Å². The number of likely N-dealkylation sites (N-methyl/N-ethyl adjacent to an activating group) is 1. The third kappa shape index (κ3) is 4.39. The minimum Gasteiger partial charge on any atom is -0.335 e. The Morgan fingerprint density at radius 1 is 1.38 bits per heavy atom. The highest BCUT2D eigenvalue weighted by Crippen LogP contribution is 2.17. The Balaban J connectivity index is 2.16. The van der Waals surface area contributed by atoms with Gasteiger partial charge in [-0.25, -0.2) is 4.79 Å². The fourth-order valence-corrected chi connectivity index (χ4v) is 1.92. The molecule has 4 heteroatoms. The summed E-state index contributed by atoms with van der Waals surface area (Å²) in [6.07, 6.45) is 3.52. The van der Waals surface area contributed by atoms with E-state index >= 15 is 0 Å². The first-order valence-electron chi connectivity index (χ1n) is 6.45. The predicted octanol–water partition coefficient (Wildman–Crippen LogP) is 1.57. The summed E-state index contributed by atoms with van der Waals surface area (Å²) in [7, 11) is 0. The molecule has 0 aromatic carbocycles. The van der Waals surface area contributed by atoms with E-state index in [4.69, 9.17) is 0 Å². The SMILES string of the molecule is CCN(CC)CC(C)NC(=O)NC1CCC1. The molecule has 0 radical (unpaired) electrons. The van der Waals surface area contributed by atoms with Crippen LogP contribution in [0.15, 0.2) is 0 Å². The van der Waals surface area contributed by atoms with Gasteiger partial charge in [-0.1, -0.05) is 13.8 Å². The number of nitrogens with zero attached hydrogens (tertiary/aromatic N) is 1. The Labute approximate surface area is 98.8 Å². The first-order chi connectivity index (χ1) is 7.65. The number of carbonyl (C=O) groups is 1. The van der Waals surface area contributed by atoms with Crippen LogP contribution in [-0.4, -0.2) is 42.6 Å². The van der Waals surface area contributed by atoms with E-state index in [0.29, 0.717) is 6.04 Å². The molecular formula is C12H25N3O. The Morgan fingerprint density at radius 2 is 2.00 bits per heavy atom. The van der Waals surface area contributed by atoms with Gasteiger partial charge in [0.25, 0.3) is 0 Å². The van der Waals surface area contributed by atoms with E-state index in [1.807, 2.05) is 0 Å². The average Bonchev–Trinajstić information content (AvgIpc) is 2.20. The summed E-state index contributed by atoms with van der Waals surface area (Å²) in [5.74, 6) is 0. The number of hydrogen-bond donors (Lipinski definition) is 2. The molecule has 2 amide bonds. The second-order valence-corrected chi connectivity index (χ2v) is 4.63.